The first kappa shape index (κ1) is 54.4. The summed E-state index contributed by atoms with van der Waals surface area (Å²) in [7, 11) is 0. The molecular formula is C44H84O8S2Sn. The van der Waals surface area contributed by atoms with Crippen LogP contribution in [0.25, 0.3) is 0 Å². The van der Waals surface area contributed by atoms with Crippen molar-refractivity contribution in [2.75, 3.05) is 24.7 Å². The van der Waals surface area contributed by atoms with Gasteiger partial charge in [0.25, 0.3) is 0 Å². The third-order valence-corrected chi connectivity index (χ3v) is 20.2. The number of carbonyl (C=O) groups is 4. The number of hydrogen-bond acceptors (Lipinski definition) is 10. The molecule has 324 valence electrons. The number of carbonyl (C=O) groups excluding carboxylic acids is 4. The monoisotopic (exact) mass is 924 g/mol. The van der Waals surface area contributed by atoms with Gasteiger partial charge in [-0.15, -0.1) is 0 Å². The molecule has 0 bridgehead atoms. The Balaban J connectivity index is 6.07. The number of rotatable bonds is 38. The van der Waals surface area contributed by atoms with E-state index in [9.17, 15) is 19.2 Å². The van der Waals surface area contributed by atoms with E-state index < -0.39 is 54.9 Å². The van der Waals surface area contributed by atoms with Crippen molar-refractivity contribution >= 4 is 68.3 Å². The molecule has 0 aliphatic heterocycles. The Morgan fingerprint density at radius 2 is 0.800 bits per heavy atom. The Kier molecular flexibility index (Phi) is 36.0. The van der Waals surface area contributed by atoms with E-state index in [2.05, 4.69) is 66.8 Å². The fourth-order valence-corrected chi connectivity index (χ4v) is 15.6. The Labute approximate surface area is 354 Å². The predicted molar refractivity (Wildman–Crippen MR) is 236 cm³/mol. The number of unbranched alkanes of at least 4 members (excludes halogenated alkanes) is 14. The molecule has 0 N–H and O–H groups in total. The van der Waals surface area contributed by atoms with Gasteiger partial charge in [-0.1, -0.05) is 0 Å². The van der Waals surface area contributed by atoms with Crippen LogP contribution < -0.4 is 0 Å². The number of esters is 2. The summed E-state index contributed by atoms with van der Waals surface area (Å²) in [4.78, 5) is 54.1. The zero-order valence-electron chi connectivity index (χ0n) is 36.2. The maximum absolute atomic E-state index is 14.0. The summed E-state index contributed by atoms with van der Waals surface area (Å²) in [6, 6.07) is 0. The number of thiol groups is 2. The van der Waals surface area contributed by atoms with Crippen LogP contribution in [-0.2, 0) is 34.8 Å². The molecule has 2 unspecified atom stereocenters. The quantitative estimate of drug-likeness (QED) is 0.0273. The third-order valence-electron chi connectivity index (χ3n) is 10.3. The Hall–Kier alpha value is -0.621. The summed E-state index contributed by atoms with van der Waals surface area (Å²) in [6.45, 7) is 13.9. The standard InChI is InChI=1S/2C11H22O2S.2C11H21O2.Sn/c2*1-9(2)6-4-3-5-7-10(8-14)11(12)13;2*1-3-5-6-7-8-9-10-13-11(12)4-2;/h2*9-10,14H,3-8H2,1-2H3,(H,12,13);2*2-10H2,1H3;/q;;;;+2/p-2. The molecule has 0 radical (unpaired) electrons. The fourth-order valence-electron chi connectivity index (χ4n) is 6.56. The third kappa shape index (κ3) is 31.0. The van der Waals surface area contributed by atoms with E-state index >= 15 is 0 Å². The topological polar surface area (TPSA) is 105 Å². The van der Waals surface area contributed by atoms with Crippen LogP contribution in [0.5, 0.6) is 0 Å². The van der Waals surface area contributed by atoms with E-state index in [0.717, 1.165) is 89.9 Å². The van der Waals surface area contributed by atoms with Crippen molar-refractivity contribution in [1.29, 1.82) is 0 Å². The first-order chi connectivity index (χ1) is 26.4. The summed E-state index contributed by atoms with van der Waals surface area (Å²) in [5, 5.41) is 0. The minimum absolute atomic E-state index is 0.0409. The van der Waals surface area contributed by atoms with Gasteiger partial charge in [-0.3, -0.25) is 0 Å². The van der Waals surface area contributed by atoms with Crippen LogP contribution in [0.4, 0.5) is 0 Å². The van der Waals surface area contributed by atoms with Crippen molar-refractivity contribution in [2.45, 2.75) is 205 Å². The van der Waals surface area contributed by atoms with Gasteiger partial charge in [0.15, 0.2) is 0 Å². The van der Waals surface area contributed by atoms with Crippen LogP contribution in [0.1, 0.15) is 196 Å². The Morgan fingerprint density at radius 3 is 1.15 bits per heavy atom. The number of ether oxygens (including phenoxy) is 2. The van der Waals surface area contributed by atoms with Gasteiger partial charge in [-0.05, 0) is 0 Å². The average Bonchev–Trinajstić information content (AvgIpc) is 3.14. The molecule has 0 fully saturated rings. The van der Waals surface area contributed by atoms with Crippen molar-refractivity contribution in [3.8, 4) is 0 Å². The van der Waals surface area contributed by atoms with Crippen molar-refractivity contribution in [3.05, 3.63) is 0 Å². The van der Waals surface area contributed by atoms with E-state index in [1.54, 1.807) is 0 Å². The van der Waals surface area contributed by atoms with Crippen molar-refractivity contribution in [2.24, 2.45) is 23.7 Å². The average molecular weight is 924 g/mol. The first-order valence-electron chi connectivity index (χ1n) is 22.4. The molecule has 0 saturated carbocycles. The molecule has 55 heavy (non-hydrogen) atoms. The van der Waals surface area contributed by atoms with Gasteiger partial charge < -0.3 is 0 Å². The molecule has 0 aromatic heterocycles. The van der Waals surface area contributed by atoms with Gasteiger partial charge >= 0.3 is 356 Å². The molecular weight excluding hydrogens is 839 g/mol. The van der Waals surface area contributed by atoms with Crippen molar-refractivity contribution in [1.82, 2.24) is 0 Å². The van der Waals surface area contributed by atoms with Crippen LogP contribution in [0.2, 0.25) is 8.87 Å². The zero-order chi connectivity index (χ0) is 41.2. The van der Waals surface area contributed by atoms with Crippen molar-refractivity contribution in [3.63, 3.8) is 0 Å². The van der Waals surface area contributed by atoms with Gasteiger partial charge in [0, 0.05) is 0 Å². The van der Waals surface area contributed by atoms with Gasteiger partial charge in [0.05, 0.1) is 0 Å². The molecule has 0 spiro atoms. The van der Waals surface area contributed by atoms with Gasteiger partial charge in [0.2, 0.25) is 0 Å². The second-order valence-corrected chi connectivity index (χ2v) is 26.5. The molecule has 0 aromatic carbocycles. The normalized spacial score (nSPS) is 12.8. The Morgan fingerprint density at radius 1 is 0.473 bits per heavy atom. The van der Waals surface area contributed by atoms with E-state index in [1.807, 2.05) is 0 Å². The van der Waals surface area contributed by atoms with E-state index in [1.165, 1.54) is 38.5 Å². The molecule has 8 nitrogen and oxygen atoms in total. The van der Waals surface area contributed by atoms with Crippen LogP contribution in [0.15, 0.2) is 0 Å². The molecule has 0 amide bonds. The maximum atomic E-state index is 14.0. The molecule has 0 heterocycles. The molecule has 11 heteroatoms. The van der Waals surface area contributed by atoms with Crippen LogP contribution in [-0.4, -0.2) is 67.8 Å². The molecule has 2 atom stereocenters. The van der Waals surface area contributed by atoms with E-state index in [4.69, 9.17) is 15.6 Å². The summed E-state index contributed by atoms with van der Waals surface area (Å²) in [5.74, 6) is -0.782. The molecule has 0 saturated heterocycles. The van der Waals surface area contributed by atoms with Crippen LogP contribution in [0.3, 0.4) is 0 Å². The summed E-state index contributed by atoms with van der Waals surface area (Å²) in [5.41, 5.74) is 0. The van der Waals surface area contributed by atoms with E-state index in [0.29, 0.717) is 49.4 Å². The number of hydrogen-bond donors (Lipinski definition) is 2. The second kappa shape index (κ2) is 36.5. The fraction of sp³-hybridized carbons (Fsp3) is 0.909. The molecule has 0 rings (SSSR count). The van der Waals surface area contributed by atoms with E-state index in [-0.39, 0.29) is 21.7 Å². The SMILES string of the molecule is CCCCCCCCOC(=O)C[CH2][Sn]([CH2]CC(=O)OCCCCCCCC)([O]C(=O)C(CS)CCCCCC(C)C)[O]C(=O)C(CS)CCCCCC(C)C. The molecule has 0 aliphatic carbocycles. The molecule has 0 aromatic rings. The summed E-state index contributed by atoms with van der Waals surface area (Å²) < 4.78 is 24.2. The first-order valence-corrected chi connectivity index (χ1v) is 30.0. The summed E-state index contributed by atoms with van der Waals surface area (Å²) >= 11 is 4.17. The van der Waals surface area contributed by atoms with Crippen LogP contribution in [0, 0.1) is 23.7 Å². The van der Waals surface area contributed by atoms with Crippen LogP contribution >= 0.6 is 25.3 Å². The van der Waals surface area contributed by atoms with Gasteiger partial charge in [0.1, 0.15) is 0 Å². The zero-order valence-corrected chi connectivity index (χ0v) is 40.8. The predicted octanol–water partition coefficient (Wildman–Crippen LogP) is 12.4. The van der Waals surface area contributed by atoms with Gasteiger partial charge in [-0.25, -0.2) is 0 Å². The summed E-state index contributed by atoms with van der Waals surface area (Å²) in [6.07, 6.45) is 22.3. The minimum atomic E-state index is -4.88. The second-order valence-electron chi connectivity index (χ2n) is 16.6. The molecule has 0 aliphatic rings. The Bertz CT molecular complexity index is 903. The van der Waals surface area contributed by atoms with Crippen molar-refractivity contribution < 1.29 is 34.8 Å². The van der Waals surface area contributed by atoms with Gasteiger partial charge in [-0.2, -0.15) is 0 Å².